The van der Waals surface area contributed by atoms with Gasteiger partial charge in [-0.1, -0.05) is 22.8 Å². The van der Waals surface area contributed by atoms with E-state index in [9.17, 15) is 44.1 Å². The van der Waals surface area contributed by atoms with Crippen LogP contribution in [0, 0.1) is 0 Å². The molecule has 0 bridgehead atoms. The first-order valence-electron chi connectivity index (χ1n) is 12.3. The highest BCUT2D eigenvalue weighted by molar-refractivity contribution is 8.02. The molecule has 0 unspecified atom stereocenters. The number of H-pyrrole nitrogens is 1. The van der Waals surface area contributed by atoms with E-state index in [4.69, 9.17) is 10.6 Å². The molecule has 0 spiro atoms. The molecule has 5 rings (SSSR count). The molecule has 7 N–H and O–H groups in total. The van der Waals surface area contributed by atoms with Crippen molar-refractivity contribution in [2.45, 2.75) is 21.7 Å². The molecule has 5 heterocycles. The van der Waals surface area contributed by atoms with Crippen LogP contribution in [0.15, 0.2) is 55.3 Å². The van der Waals surface area contributed by atoms with E-state index in [0.29, 0.717) is 5.57 Å². The number of carbonyl (C=O) groups excluding carboxylic acids is 2. The maximum absolute atomic E-state index is 13.4. The lowest BCUT2D eigenvalue weighted by Crippen LogP contribution is -2.71. The molecule has 0 saturated carbocycles. The van der Waals surface area contributed by atoms with Crippen LogP contribution in [0.5, 0.6) is 0 Å². The van der Waals surface area contributed by atoms with Gasteiger partial charge in [0.2, 0.25) is 6.10 Å². The monoisotopic (exact) mass is 693 g/mol. The standard InChI is InChI=1S/C24H19N7O10S4/c25-24-27-10(7-44-24)12(29-41-15(22(39)40)8-2-1-3-26-4-8)17(33)28-13-18(34)31-14(21(37)38)9(5-42-19(13)31)6-43-23-11(20(35)36)16(32)30-45-23/h1-4,7,13,15,19H,5-6H2,(H2,25,27)(H,28,33)(H,30,32)(H,35,36)(H,37,38)(H,39,40)/b29-12-/t13-,15-,19+/m1/s1. The van der Waals surface area contributed by atoms with E-state index in [1.807, 2.05) is 0 Å². The Labute approximate surface area is 267 Å². The molecule has 0 aliphatic carbocycles. The van der Waals surface area contributed by atoms with Gasteiger partial charge in [-0.3, -0.25) is 28.6 Å². The number of anilines is 1. The molecule has 3 atom stereocenters. The lowest BCUT2D eigenvalue weighted by molar-refractivity contribution is -0.151. The van der Waals surface area contributed by atoms with Gasteiger partial charge in [0.05, 0.1) is 4.21 Å². The number of thiazole rings is 1. The van der Waals surface area contributed by atoms with E-state index < -0.39 is 64.1 Å². The lowest BCUT2D eigenvalue weighted by atomic mass is 10.0. The maximum Gasteiger partial charge on any atom is 0.352 e. The molecule has 2 aliphatic rings. The molecule has 2 amide bonds. The fourth-order valence-electron chi connectivity index (χ4n) is 4.22. The first-order valence-corrected chi connectivity index (χ1v) is 16.1. The third-order valence-electron chi connectivity index (χ3n) is 6.24. The molecular formula is C24H19N7O10S4. The zero-order valence-corrected chi connectivity index (χ0v) is 25.5. The number of carboxylic acid groups (broad SMARTS) is 3. The zero-order chi connectivity index (χ0) is 32.4. The number of pyridine rings is 1. The number of rotatable bonds is 12. The number of aromatic carboxylic acids is 1. The van der Waals surface area contributed by atoms with Crippen molar-refractivity contribution < 1.29 is 44.1 Å². The number of aromatic nitrogens is 3. The van der Waals surface area contributed by atoms with Gasteiger partial charge in [-0.25, -0.2) is 19.4 Å². The molecule has 2 aliphatic heterocycles. The highest BCUT2D eigenvalue weighted by Gasteiger charge is 2.54. The third kappa shape index (κ3) is 6.41. The molecule has 234 valence electrons. The van der Waals surface area contributed by atoms with Crippen molar-refractivity contribution in [2.24, 2.45) is 5.16 Å². The van der Waals surface area contributed by atoms with E-state index in [1.165, 1.54) is 29.9 Å². The summed E-state index contributed by atoms with van der Waals surface area (Å²) < 4.78 is 2.49. The topological polar surface area (TPSA) is 268 Å². The Morgan fingerprint density at radius 1 is 1.24 bits per heavy atom. The molecule has 1 saturated heterocycles. The van der Waals surface area contributed by atoms with Crippen LogP contribution in [-0.4, -0.2) is 92.9 Å². The van der Waals surface area contributed by atoms with E-state index in [2.05, 4.69) is 24.8 Å². The number of carbonyl (C=O) groups is 5. The SMILES string of the molecule is Nc1nc(/C(=N/O[C@@H](C(=O)O)c2cccnc2)C(=O)N[C@@H]2C(=O)N3C(C(=O)O)=C(CSc4s[nH]c(=O)c4C(=O)O)CS[C@@H]23)cs1. The summed E-state index contributed by atoms with van der Waals surface area (Å²) in [6.45, 7) is 0. The number of nitrogen functional groups attached to an aromatic ring is 1. The molecular weight excluding hydrogens is 675 g/mol. The van der Waals surface area contributed by atoms with E-state index in [-0.39, 0.29) is 37.8 Å². The number of β-lactam (4-membered cyclic amide) rings is 1. The summed E-state index contributed by atoms with van der Waals surface area (Å²) in [5.74, 6) is -5.84. The summed E-state index contributed by atoms with van der Waals surface area (Å²) >= 11 is 3.89. The zero-order valence-electron chi connectivity index (χ0n) is 22.2. The number of aliphatic carboxylic acids is 2. The molecule has 3 aromatic heterocycles. The molecule has 0 radical (unpaired) electrons. The summed E-state index contributed by atoms with van der Waals surface area (Å²) in [4.78, 5) is 88.0. The number of thioether (sulfide) groups is 2. The number of amides is 2. The van der Waals surface area contributed by atoms with Crippen LogP contribution >= 0.6 is 46.4 Å². The van der Waals surface area contributed by atoms with Crippen molar-refractivity contribution in [3.8, 4) is 0 Å². The third-order valence-corrected chi connectivity index (χ3v) is 10.5. The van der Waals surface area contributed by atoms with Gasteiger partial charge in [-0.2, -0.15) is 0 Å². The number of oxime groups is 1. The van der Waals surface area contributed by atoms with E-state index in [1.54, 1.807) is 0 Å². The maximum atomic E-state index is 13.4. The smallest absolute Gasteiger partial charge is 0.352 e. The summed E-state index contributed by atoms with van der Waals surface area (Å²) in [6.07, 6.45) is 1.05. The second-order valence-corrected chi connectivity index (χ2v) is 13.1. The molecule has 17 nitrogen and oxygen atoms in total. The predicted octanol–water partition coefficient (Wildman–Crippen LogP) is 0.646. The molecule has 1 fully saturated rings. The number of nitrogens with two attached hydrogens (primary N) is 1. The van der Waals surface area contributed by atoms with Crippen molar-refractivity contribution in [3.05, 3.63) is 68.4 Å². The minimum atomic E-state index is -1.63. The Hall–Kier alpha value is -4.73. The van der Waals surface area contributed by atoms with Crippen molar-refractivity contribution in [2.75, 3.05) is 17.2 Å². The molecule has 0 aromatic carbocycles. The lowest BCUT2D eigenvalue weighted by Gasteiger charge is -2.49. The van der Waals surface area contributed by atoms with Crippen LogP contribution < -0.4 is 16.6 Å². The van der Waals surface area contributed by atoms with Gasteiger partial charge < -0.3 is 31.2 Å². The number of carboxylic acids is 3. The fourth-order valence-corrected chi connectivity index (χ4v) is 8.21. The highest BCUT2D eigenvalue weighted by atomic mass is 32.2. The summed E-state index contributed by atoms with van der Waals surface area (Å²) in [7, 11) is 0. The van der Waals surface area contributed by atoms with Gasteiger partial charge in [-0.15, -0.1) is 34.9 Å². The van der Waals surface area contributed by atoms with Gasteiger partial charge in [0.15, 0.2) is 16.4 Å². The van der Waals surface area contributed by atoms with Gasteiger partial charge in [0.1, 0.15) is 22.8 Å². The summed E-state index contributed by atoms with van der Waals surface area (Å²) in [6, 6.07) is 1.74. The van der Waals surface area contributed by atoms with Crippen LogP contribution in [0.2, 0.25) is 0 Å². The van der Waals surface area contributed by atoms with Crippen LogP contribution in [0.3, 0.4) is 0 Å². The average molecular weight is 694 g/mol. The van der Waals surface area contributed by atoms with Crippen molar-refractivity contribution in [1.82, 2.24) is 24.6 Å². The van der Waals surface area contributed by atoms with Crippen molar-refractivity contribution >= 4 is 87.0 Å². The second-order valence-electron chi connectivity index (χ2n) is 9.03. The first kappa shape index (κ1) is 31.7. The summed E-state index contributed by atoms with van der Waals surface area (Å²) in [5, 5.41) is 35.8. The molecule has 21 heteroatoms. The van der Waals surface area contributed by atoms with Crippen molar-refractivity contribution in [3.63, 3.8) is 0 Å². The number of aromatic amines is 1. The Morgan fingerprint density at radius 2 is 2.02 bits per heavy atom. The van der Waals surface area contributed by atoms with Gasteiger partial charge in [-0.05, 0) is 11.6 Å². The van der Waals surface area contributed by atoms with E-state index in [0.717, 1.165) is 51.3 Å². The Bertz CT molecular complexity index is 1820. The van der Waals surface area contributed by atoms with Gasteiger partial charge in [0.25, 0.3) is 17.4 Å². The Kier molecular flexibility index (Phi) is 9.22. The number of hydrogen-bond donors (Lipinski definition) is 6. The van der Waals surface area contributed by atoms with Crippen LogP contribution in [-0.2, 0) is 24.0 Å². The fraction of sp³-hybridized carbons (Fsp3) is 0.208. The predicted molar refractivity (Wildman–Crippen MR) is 161 cm³/mol. The second kappa shape index (κ2) is 13.1. The quantitative estimate of drug-likeness (QED) is 0.0658. The number of nitrogens with one attached hydrogen (secondary N) is 2. The van der Waals surface area contributed by atoms with Crippen LogP contribution in [0.1, 0.15) is 27.7 Å². The number of fused-ring (bicyclic) bond motifs is 1. The van der Waals surface area contributed by atoms with Gasteiger partial charge in [0, 0.05) is 34.8 Å². The van der Waals surface area contributed by atoms with E-state index >= 15 is 0 Å². The largest absolute Gasteiger partial charge is 0.478 e. The minimum Gasteiger partial charge on any atom is -0.478 e. The molecule has 3 aromatic rings. The molecule has 45 heavy (non-hydrogen) atoms. The highest BCUT2D eigenvalue weighted by Crippen LogP contribution is 2.42. The normalized spacial score (nSPS) is 18.5. The average Bonchev–Trinajstić information content (AvgIpc) is 3.61. The minimum absolute atomic E-state index is 0.0166. The van der Waals surface area contributed by atoms with Crippen molar-refractivity contribution in [1.29, 1.82) is 0 Å². The van der Waals surface area contributed by atoms with Crippen LogP contribution in [0.25, 0.3) is 0 Å². The van der Waals surface area contributed by atoms with Gasteiger partial charge >= 0.3 is 17.9 Å². The first-order chi connectivity index (χ1) is 21.5. The van der Waals surface area contributed by atoms with Crippen LogP contribution in [0.4, 0.5) is 5.13 Å². The summed E-state index contributed by atoms with van der Waals surface area (Å²) in [5.41, 5.74) is 4.09. The Balaban J connectivity index is 1.35. The Morgan fingerprint density at radius 3 is 2.64 bits per heavy atom. The number of nitrogens with zero attached hydrogens (tertiary/aromatic N) is 4. The number of hydrogen-bond acceptors (Lipinski definition) is 15.